The molecule has 0 amide bonds. The summed E-state index contributed by atoms with van der Waals surface area (Å²) in [6.07, 6.45) is 5.07. The Balaban J connectivity index is 0.000000980. The molecule has 1 saturated carbocycles. The van der Waals surface area contributed by atoms with Gasteiger partial charge in [0.15, 0.2) is 0 Å². The van der Waals surface area contributed by atoms with E-state index in [0.29, 0.717) is 6.04 Å². The van der Waals surface area contributed by atoms with Gasteiger partial charge in [0.2, 0.25) is 0 Å². The molecule has 0 aliphatic heterocycles. The number of halogens is 1. The molecule has 0 saturated heterocycles. The van der Waals surface area contributed by atoms with Crippen molar-refractivity contribution in [3.8, 4) is 0 Å². The van der Waals surface area contributed by atoms with E-state index in [1.807, 2.05) is 0 Å². The summed E-state index contributed by atoms with van der Waals surface area (Å²) in [5, 5.41) is 0. The molecule has 1 fully saturated rings. The van der Waals surface area contributed by atoms with E-state index in [1.165, 1.54) is 24.8 Å². The fourth-order valence-corrected chi connectivity index (χ4v) is 1.78. The van der Waals surface area contributed by atoms with Gasteiger partial charge in [0, 0.05) is 6.04 Å². The molecule has 1 aliphatic rings. The molecule has 0 radical (unpaired) electrons. The number of hydrogen-bond acceptors (Lipinski definition) is 1. The maximum absolute atomic E-state index is 6.05. The highest BCUT2D eigenvalue weighted by molar-refractivity contribution is 5.85. The van der Waals surface area contributed by atoms with Gasteiger partial charge >= 0.3 is 0 Å². The highest BCUT2D eigenvalue weighted by Gasteiger charge is 2.23. The summed E-state index contributed by atoms with van der Waals surface area (Å²) in [6, 6.07) is 10.9. The predicted octanol–water partition coefficient (Wildman–Crippen LogP) is 2.78. The van der Waals surface area contributed by atoms with Crippen LogP contribution in [0.25, 0.3) is 0 Å². The lowest BCUT2D eigenvalue weighted by atomic mass is 10.0. The van der Waals surface area contributed by atoms with Gasteiger partial charge in [0.1, 0.15) is 0 Å². The Morgan fingerprint density at radius 3 is 2.43 bits per heavy atom. The molecule has 1 aromatic rings. The lowest BCUT2D eigenvalue weighted by Crippen LogP contribution is -2.23. The Morgan fingerprint density at radius 2 is 1.86 bits per heavy atom. The molecular formula is C12H18ClN. The Morgan fingerprint density at radius 1 is 1.21 bits per heavy atom. The summed E-state index contributed by atoms with van der Waals surface area (Å²) in [6.45, 7) is 0. The van der Waals surface area contributed by atoms with Crippen LogP contribution in [0.4, 0.5) is 0 Å². The van der Waals surface area contributed by atoms with Crippen molar-refractivity contribution in [2.45, 2.75) is 31.7 Å². The highest BCUT2D eigenvalue weighted by Crippen LogP contribution is 2.33. The molecule has 14 heavy (non-hydrogen) atoms. The maximum Gasteiger partial charge on any atom is 0.00819 e. The zero-order valence-corrected chi connectivity index (χ0v) is 9.17. The summed E-state index contributed by atoms with van der Waals surface area (Å²) in [5.41, 5.74) is 7.42. The van der Waals surface area contributed by atoms with Gasteiger partial charge < -0.3 is 5.73 Å². The van der Waals surface area contributed by atoms with Crippen molar-refractivity contribution in [2.24, 2.45) is 11.7 Å². The van der Waals surface area contributed by atoms with Crippen molar-refractivity contribution in [1.29, 1.82) is 0 Å². The first-order chi connectivity index (χ1) is 6.34. The summed E-state index contributed by atoms with van der Waals surface area (Å²) < 4.78 is 0. The molecule has 1 nitrogen and oxygen atoms in total. The number of nitrogens with two attached hydrogens (primary N) is 1. The van der Waals surface area contributed by atoms with Crippen LogP contribution in [0.2, 0.25) is 0 Å². The SMILES string of the molecule is Cl.NC(Cc1ccccc1)CC1CC1. The molecule has 78 valence electrons. The average molecular weight is 212 g/mol. The van der Waals surface area contributed by atoms with Gasteiger partial charge in [0.05, 0.1) is 0 Å². The van der Waals surface area contributed by atoms with Crippen LogP contribution in [-0.2, 0) is 6.42 Å². The van der Waals surface area contributed by atoms with Gasteiger partial charge in [-0.05, 0) is 24.3 Å². The Bertz CT molecular complexity index is 256. The summed E-state index contributed by atoms with van der Waals surface area (Å²) in [5.74, 6) is 0.943. The van der Waals surface area contributed by atoms with Gasteiger partial charge in [0.25, 0.3) is 0 Å². The van der Waals surface area contributed by atoms with E-state index < -0.39 is 0 Å². The standard InChI is InChI=1S/C12H17N.ClH/c13-12(9-11-6-7-11)8-10-4-2-1-3-5-10;/h1-5,11-12H,6-9,13H2;1H. The van der Waals surface area contributed by atoms with Crippen LogP contribution in [0.15, 0.2) is 30.3 Å². The number of hydrogen-bond donors (Lipinski definition) is 1. The van der Waals surface area contributed by atoms with Gasteiger partial charge in [-0.1, -0.05) is 43.2 Å². The van der Waals surface area contributed by atoms with Crippen molar-refractivity contribution in [3.63, 3.8) is 0 Å². The van der Waals surface area contributed by atoms with Crippen molar-refractivity contribution in [3.05, 3.63) is 35.9 Å². The van der Waals surface area contributed by atoms with Crippen molar-refractivity contribution in [2.75, 3.05) is 0 Å². The third-order valence-corrected chi connectivity index (χ3v) is 2.67. The predicted molar refractivity (Wildman–Crippen MR) is 62.7 cm³/mol. The Hall–Kier alpha value is -0.530. The first-order valence-corrected chi connectivity index (χ1v) is 5.14. The minimum atomic E-state index is 0. The maximum atomic E-state index is 6.05. The molecule has 0 aromatic heterocycles. The fraction of sp³-hybridized carbons (Fsp3) is 0.500. The molecule has 1 aromatic carbocycles. The highest BCUT2D eigenvalue weighted by atomic mass is 35.5. The molecule has 0 bridgehead atoms. The van der Waals surface area contributed by atoms with E-state index in [2.05, 4.69) is 30.3 Å². The second-order valence-electron chi connectivity index (χ2n) is 4.13. The lowest BCUT2D eigenvalue weighted by molar-refractivity contribution is 0.566. The summed E-state index contributed by atoms with van der Waals surface area (Å²) >= 11 is 0. The monoisotopic (exact) mass is 211 g/mol. The van der Waals surface area contributed by atoms with E-state index in [-0.39, 0.29) is 12.4 Å². The topological polar surface area (TPSA) is 26.0 Å². The summed E-state index contributed by atoms with van der Waals surface area (Å²) in [7, 11) is 0. The van der Waals surface area contributed by atoms with Crippen LogP contribution in [0, 0.1) is 5.92 Å². The first kappa shape index (κ1) is 11.5. The largest absolute Gasteiger partial charge is 0.327 e. The normalized spacial score (nSPS) is 17.2. The fourth-order valence-electron chi connectivity index (χ4n) is 1.78. The van der Waals surface area contributed by atoms with Crippen LogP contribution in [0.5, 0.6) is 0 Å². The van der Waals surface area contributed by atoms with E-state index in [1.54, 1.807) is 0 Å². The van der Waals surface area contributed by atoms with E-state index in [4.69, 9.17) is 5.73 Å². The first-order valence-electron chi connectivity index (χ1n) is 5.14. The third-order valence-electron chi connectivity index (χ3n) is 2.67. The van der Waals surface area contributed by atoms with Crippen molar-refractivity contribution >= 4 is 12.4 Å². The molecule has 1 unspecified atom stereocenters. The van der Waals surface area contributed by atoms with Gasteiger partial charge in [-0.2, -0.15) is 0 Å². The van der Waals surface area contributed by atoms with Gasteiger partial charge in [-0.15, -0.1) is 12.4 Å². The van der Waals surface area contributed by atoms with Crippen LogP contribution < -0.4 is 5.73 Å². The minimum absolute atomic E-state index is 0. The van der Waals surface area contributed by atoms with E-state index in [9.17, 15) is 0 Å². The molecule has 0 heterocycles. The molecule has 1 aliphatic carbocycles. The number of rotatable bonds is 4. The Kier molecular flexibility index (Phi) is 4.43. The van der Waals surface area contributed by atoms with Crippen molar-refractivity contribution in [1.82, 2.24) is 0 Å². The molecule has 2 N–H and O–H groups in total. The second kappa shape index (κ2) is 5.38. The molecule has 0 spiro atoms. The Labute approximate surface area is 92.1 Å². The van der Waals surface area contributed by atoms with Crippen LogP contribution >= 0.6 is 12.4 Å². The van der Waals surface area contributed by atoms with E-state index in [0.717, 1.165) is 12.3 Å². The van der Waals surface area contributed by atoms with Gasteiger partial charge in [-0.3, -0.25) is 0 Å². The van der Waals surface area contributed by atoms with Crippen LogP contribution in [-0.4, -0.2) is 6.04 Å². The zero-order chi connectivity index (χ0) is 9.10. The van der Waals surface area contributed by atoms with E-state index >= 15 is 0 Å². The minimum Gasteiger partial charge on any atom is -0.327 e. The number of benzene rings is 1. The molecule has 2 heteroatoms. The third kappa shape index (κ3) is 3.69. The summed E-state index contributed by atoms with van der Waals surface area (Å²) in [4.78, 5) is 0. The quantitative estimate of drug-likeness (QED) is 0.815. The molecule has 1 atom stereocenters. The molecular weight excluding hydrogens is 194 g/mol. The van der Waals surface area contributed by atoms with Crippen LogP contribution in [0.3, 0.4) is 0 Å². The average Bonchev–Trinajstić information content (AvgIpc) is 2.90. The molecule has 2 rings (SSSR count). The van der Waals surface area contributed by atoms with Crippen molar-refractivity contribution < 1.29 is 0 Å². The van der Waals surface area contributed by atoms with Gasteiger partial charge in [-0.25, -0.2) is 0 Å². The zero-order valence-electron chi connectivity index (χ0n) is 8.36. The lowest BCUT2D eigenvalue weighted by Gasteiger charge is -2.10. The second-order valence-corrected chi connectivity index (χ2v) is 4.13. The van der Waals surface area contributed by atoms with Crippen LogP contribution in [0.1, 0.15) is 24.8 Å². The smallest absolute Gasteiger partial charge is 0.00819 e.